The molecule has 0 bridgehead atoms. The Bertz CT molecular complexity index is 70.6. The molecular weight excluding hydrogens is 120 g/mol. The van der Waals surface area contributed by atoms with Crippen LogP contribution in [0.2, 0.25) is 0 Å². The molecule has 0 aromatic carbocycles. The molecule has 1 rings (SSSR count). The fourth-order valence-electron chi connectivity index (χ4n) is 0.585. The first-order valence-electron chi connectivity index (χ1n) is 2.88. The highest BCUT2D eigenvalue weighted by Gasteiger charge is 1.90. The van der Waals surface area contributed by atoms with E-state index in [1.165, 1.54) is 18.6 Å². The molecule has 1 aliphatic heterocycles. The van der Waals surface area contributed by atoms with Gasteiger partial charge in [-0.3, -0.25) is 0 Å². The van der Waals surface area contributed by atoms with Crippen LogP contribution in [-0.2, 0) is 4.74 Å². The van der Waals surface area contributed by atoms with Crippen LogP contribution in [0.5, 0.6) is 0 Å². The monoisotopic (exact) mass is 130 g/mol. The molecule has 0 saturated heterocycles. The van der Waals surface area contributed by atoms with Gasteiger partial charge in [-0.25, -0.2) is 0 Å². The summed E-state index contributed by atoms with van der Waals surface area (Å²) in [5.74, 6) is 1.25. The minimum absolute atomic E-state index is 0.900. The molecular formula is C6H10OS. The van der Waals surface area contributed by atoms with Crippen LogP contribution >= 0.6 is 11.8 Å². The van der Waals surface area contributed by atoms with Crippen LogP contribution in [0.25, 0.3) is 0 Å². The number of hydrogen-bond donors (Lipinski definition) is 0. The SMILES string of the molecule is C1=CSCCCCO1. The van der Waals surface area contributed by atoms with Gasteiger partial charge in [-0.05, 0) is 18.6 Å². The van der Waals surface area contributed by atoms with E-state index in [9.17, 15) is 0 Å². The lowest BCUT2D eigenvalue weighted by Gasteiger charge is -2.02. The Balaban J connectivity index is 2.17. The fourth-order valence-corrected chi connectivity index (χ4v) is 1.25. The molecule has 0 N–H and O–H groups in total. The highest BCUT2D eigenvalue weighted by atomic mass is 32.2. The van der Waals surface area contributed by atoms with Crippen LogP contribution < -0.4 is 0 Å². The summed E-state index contributed by atoms with van der Waals surface area (Å²) in [4.78, 5) is 0. The molecule has 0 radical (unpaired) electrons. The topological polar surface area (TPSA) is 9.23 Å². The molecule has 0 atom stereocenters. The van der Waals surface area contributed by atoms with E-state index in [2.05, 4.69) is 0 Å². The summed E-state index contributed by atoms with van der Waals surface area (Å²) < 4.78 is 5.07. The molecule has 0 amide bonds. The quantitative estimate of drug-likeness (QED) is 0.496. The van der Waals surface area contributed by atoms with Crippen molar-refractivity contribution in [2.75, 3.05) is 12.4 Å². The molecule has 0 aromatic heterocycles. The van der Waals surface area contributed by atoms with Crippen molar-refractivity contribution in [2.45, 2.75) is 12.8 Å². The van der Waals surface area contributed by atoms with Crippen LogP contribution in [0.15, 0.2) is 11.7 Å². The van der Waals surface area contributed by atoms with Gasteiger partial charge < -0.3 is 4.74 Å². The maximum Gasteiger partial charge on any atom is 0.0891 e. The molecule has 0 saturated carbocycles. The zero-order valence-electron chi connectivity index (χ0n) is 4.80. The third-order valence-electron chi connectivity index (χ3n) is 1.02. The minimum Gasteiger partial charge on any atom is -0.501 e. The fraction of sp³-hybridized carbons (Fsp3) is 0.667. The van der Waals surface area contributed by atoms with Crippen molar-refractivity contribution in [1.82, 2.24) is 0 Å². The van der Waals surface area contributed by atoms with Crippen molar-refractivity contribution < 1.29 is 4.74 Å². The van der Waals surface area contributed by atoms with Gasteiger partial charge in [0.1, 0.15) is 0 Å². The van der Waals surface area contributed by atoms with E-state index in [-0.39, 0.29) is 0 Å². The van der Waals surface area contributed by atoms with E-state index in [0.29, 0.717) is 0 Å². The predicted molar refractivity (Wildman–Crippen MR) is 36.8 cm³/mol. The Morgan fingerprint density at radius 3 is 3.38 bits per heavy atom. The Morgan fingerprint density at radius 2 is 2.38 bits per heavy atom. The summed E-state index contributed by atoms with van der Waals surface area (Å²) in [6.45, 7) is 0.900. The van der Waals surface area contributed by atoms with Gasteiger partial charge in [0.05, 0.1) is 12.9 Å². The molecule has 0 spiro atoms. The molecule has 0 fully saturated rings. The highest BCUT2D eigenvalue weighted by molar-refractivity contribution is 8.02. The first-order valence-corrected chi connectivity index (χ1v) is 3.93. The second kappa shape index (κ2) is 3.84. The van der Waals surface area contributed by atoms with Gasteiger partial charge in [0.25, 0.3) is 0 Å². The van der Waals surface area contributed by atoms with E-state index in [0.717, 1.165) is 6.61 Å². The highest BCUT2D eigenvalue weighted by Crippen LogP contribution is 2.08. The van der Waals surface area contributed by atoms with Crippen molar-refractivity contribution in [3.63, 3.8) is 0 Å². The van der Waals surface area contributed by atoms with E-state index in [1.807, 2.05) is 17.2 Å². The number of ether oxygens (including phenoxy) is 1. The molecule has 8 heavy (non-hydrogen) atoms. The molecule has 0 aliphatic carbocycles. The van der Waals surface area contributed by atoms with Gasteiger partial charge in [-0.2, -0.15) is 0 Å². The summed E-state index contributed by atoms with van der Waals surface area (Å²) in [5, 5.41) is 2.01. The van der Waals surface area contributed by atoms with Crippen molar-refractivity contribution in [3.8, 4) is 0 Å². The summed E-state index contributed by atoms with van der Waals surface area (Å²) in [7, 11) is 0. The molecule has 0 unspecified atom stereocenters. The lowest BCUT2D eigenvalue weighted by Crippen LogP contribution is -1.90. The van der Waals surface area contributed by atoms with Crippen LogP contribution in [0.3, 0.4) is 0 Å². The smallest absolute Gasteiger partial charge is 0.0891 e. The van der Waals surface area contributed by atoms with Crippen molar-refractivity contribution in [3.05, 3.63) is 11.7 Å². The van der Waals surface area contributed by atoms with E-state index in [4.69, 9.17) is 4.74 Å². The maximum atomic E-state index is 5.07. The molecule has 1 aliphatic rings. The number of thioether (sulfide) groups is 1. The largest absolute Gasteiger partial charge is 0.501 e. The van der Waals surface area contributed by atoms with Gasteiger partial charge in [-0.1, -0.05) is 0 Å². The second-order valence-electron chi connectivity index (χ2n) is 1.72. The molecule has 2 heteroatoms. The Labute approximate surface area is 54.1 Å². The molecule has 1 nitrogen and oxygen atoms in total. The van der Waals surface area contributed by atoms with Crippen molar-refractivity contribution in [1.29, 1.82) is 0 Å². The summed E-state index contributed by atoms with van der Waals surface area (Å²) >= 11 is 1.82. The van der Waals surface area contributed by atoms with Crippen molar-refractivity contribution >= 4 is 11.8 Å². The lowest BCUT2D eigenvalue weighted by molar-refractivity contribution is 0.244. The Hall–Kier alpha value is -0.110. The van der Waals surface area contributed by atoms with Crippen LogP contribution in [0, 0.1) is 0 Å². The zero-order chi connectivity index (χ0) is 5.66. The van der Waals surface area contributed by atoms with E-state index >= 15 is 0 Å². The van der Waals surface area contributed by atoms with Crippen LogP contribution in [0.4, 0.5) is 0 Å². The molecule has 46 valence electrons. The standard InChI is InChI=1S/C6H10OS/c1-2-5-8-6-4-7-3-1/h4,6H,1-3,5H2. The molecule has 0 aromatic rings. The number of rotatable bonds is 0. The van der Waals surface area contributed by atoms with E-state index < -0.39 is 0 Å². The Morgan fingerprint density at radius 1 is 1.38 bits per heavy atom. The van der Waals surface area contributed by atoms with Crippen molar-refractivity contribution in [2.24, 2.45) is 0 Å². The first kappa shape index (κ1) is 6.02. The van der Waals surface area contributed by atoms with Gasteiger partial charge in [0, 0.05) is 5.41 Å². The van der Waals surface area contributed by atoms with Gasteiger partial charge >= 0.3 is 0 Å². The summed E-state index contributed by atoms with van der Waals surface area (Å²) in [5.41, 5.74) is 0. The number of hydrogen-bond acceptors (Lipinski definition) is 2. The average molecular weight is 130 g/mol. The lowest BCUT2D eigenvalue weighted by atomic mass is 10.4. The normalized spacial score (nSPS) is 21.0. The summed E-state index contributed by atoms with van der Waals surface area (Å²) in [6, 6.07) is 0. The third kappa shape index (κ3) is 2.26. The predicted octanol–water partition coefficient (Wildman–Crippen LogP) is 2.00. The third-order valence-corrected chi connectivity index (χ3v) is 1.85. The van der Waals surface area contributed by atoms with Crippen LogP contribution in [0.1, 0.15) is 12.8 Å². The maximum absolute atomic E-state index is 5.07. The van der Waals surface area contributed by atoms with Gasteiger partial charge in [0.15, 0.2) is 0 Å². The van der Waals surface area contributed by atoms with Gasteiger partial charge in [0.2, 0.25) is 0 Å². The van der Waals surface area contributed by atoms with E-state index in [1.54, 1.807) is 6.26 Å². The second-order valence-corrected chi connectivity index (χ2v) is 2.73. The van der Waals surface area contributed by atoms with Gasteiger partial charge in [-0.15, -0.1) is 11.8 Å². The van der Waals surface area contributed by atoms with Crippen LogP contribution in [-0.4, -0.2) is 12.4 Å². The molecule has 1 heterocycles. The average Bonchev–Trinajstić information content (AvgIpc) is 1.62. The first-order chi connectivity index (χ1) is 4.00. The Kier molecular flexibility index (Phi) is 2.89. The zero-order valence-corrected chi connectivity index (χ0v) is 5.62. The minimum atomic E-state index is 0.900. The summed E-state index contributed by atoms with van der Waals surface area (Å²) in [6.07, 6.45) is 4.27.